The summed E-state index contributed by atoms with van der Waals surface area (Å²) in [7, 11) is 0. The SMILES string of the molecule is O=[N+]([O-])c1ccccc1NCCc1ccc(O)cc1. The van der Waals surface area contributed by atoms with E-state index in [2.05, 4.69) is 5.32 Å². The van der Waals surface area contributed by atoms with Crippen LogP contribution in [0.2, 0.25) is 0 Å². The lowest BCUT2D eigenvalue weighted by molar-refractivity contribution is -0.384. The molecule has 98 valence electrons. The number of para-hydroxylation sites is 2. The molecule has 0 unspecified atom stereocenters. The third-order valence-electron chi connectivity index (χ3n) is 2.77. The van der Waals surface area contributed by atoms with Crippen molar-refractivity contribution in [2.24, 2.45) is 0 Å². The van der Waals surface area contributed by atoms with E-state index in [-0.39, 0.29) is 11.4 Å². The summed E-state index contributed by atoms with van der Waals surface area (Å²) in [6, 6.07) is 13.5. The third-order valence-corrected chi connectivity index (χ3v) is 2.77. The van der Waals surface area contributed by atoms with Crippen molar-refractivity contribution >= 4 is 11.4 Å². The van der Waals surface area contributed by atoms with E-state index in [1.54, 1.807) is 30.3 Å². The molecule has 0 aromatic heterocycles. The van der Waals surface area contributed by atoms with Gasteiger partial charge in [0.2, 0.25) is 0 Å². The number of benzene rings is 2. The first-order chi connectivity index (χ1) is 9.16. The van der Waals surface area contributed by atoms with Crippen LogP contribution in [0.1, 0.15) is 5.56 Å². The first-order valence-corrected chi connectivity index (χ1v) is 5.92. The molecule has 0 aliphatic carbocycles. The molecule has 2 aromatic carbocycles. The maximum Gasteiger partial charge on any atom is 0.292 e. The number of nitrogens with one attached hydrogen (secondary N) is 1. The minimum Gasteiger partial charge on any atom is -0.508 e. The standard InChI is InChI=1S/C14H14N2O3/c17-12-7-5-11(6-8-12)9-10-15-13-3-1-2-4-14(13)16(18)19/h1-8,15,17H,9-10H2. The third kappa shape index (κ3) is 3.45. The lowest BCUT2D eigenvalue weighted by Gasteiger charge is -2.07. The van der Waals surface area contributed by atoms with Crippen LogP contribution in [0, 0.1) is 10.1 Å². The molecule has 0 amide bonds. The van der Waals surface area contributed by atoms with Gasteiger partial charge >= 0.3 is 0 Å². The molecular formula is C14H14N2O3. The summed E-state index contributed by atoms with van der Waals surface area (Å²) in [4.78, 5) is 10.4. The molecule has 0 saturated heterocycles. The monoisotopic (exact) mass is 258 g/mol. The van der Waals surface area contributed by atoms with Crippen LogP contribution in [0.15, 0.2) is 48.5 Å². The zero-order valence-corrected chi connectivity index (χ0v) is 10.2. The van der Waals surface area contributed by atoms with Crippen molar-refractivity contribution in [3.05, 3.63) is 64.2 Å². The number of nitro benzene ring substituents is 1. The maximum absolute atomic E-state index is 10.8. The van der Waals surface area contributed by atoms with E-state index in [1.807, 2.05) is 12.1 Å². The molecule has 0 radical (unpaired) electrons. The zero-order chi connectivity index (χ0) is 13.7. The Balaban J connectivity index is 1.96. The molecule has 0 atom stereocenters. The van der Waals surface area contributed by atoms with E-state index in [1.165, 1.54) is 6.07 Å². The summed E-state index contributed by atoms with van der Waals surface area (Å²) in [5.74, 6) is 0.232. The fraction of sp³-hybridized carbons (Fsp3) is 0.143. The number of anilines is 1. The van der Waals surface area contributed by atoms with Crippen LogP contribution >= 0.6 is 0 Å². The lowest BCUT2D eigenvalue weighted by atomic mass is 10.1. The fourth-order valence-corrected chi connectivity index (χ4v) is 1.79. The summed E-state index contributed by atoms with van der Waals surface area (Å²) >= 11 is 0. The molecule has 2 N–H and O–H groups in total. The normalized spacial score (nSPS) is 10.1. The topological polar surface area (TPSA) is 75.4 Å². The Hall–Kier alpha value is -2.56. The second kappa shape index (κ2) is 5.86. The highest BCUT2D eigenvalue weighted by Gasteiger charge is 2.11. The van der Waals surface area contributed by atoms with Crippen LogP contribution in [0.25, 0.3) is 0 Å². The quantitative estimate of drug-likeness (QED) is 0.638. The van der Waals surface area contributed by atoms with Crippen LogP contribution in [-0.4, -0.2) is 16.6 Å². The average molecular weight is 258 g/mol. The molecule has 5 nitrogen and oxygen atoms in total. The van der Waals surface area contributed by atoms with Gasteiger partial charge in [-0.3, -0.25) is 10.1 Å². The molecular weight excluding hydrogens is 244 g/mol. The molecule has 2 aromatic rings. The number of rotatable bonds is 5. The highest BCUT2D eigenvalue weighted by molar-refractivity contribution is 5.61. The van der Waals surface area contributed by atoms with Gasteiger partial charge in [-0.1, -0.05) is 24.3 Å². The Bertz CT molecular complexity index is 567. The minimum atomic E-state index is -0.400. The predicted octanol–water partition coefficient (Wildman–Crippen LogP) is 2.96. The van der Waals surface area contributed by atoms with Crippen LogP contribution in [0.4, 0.5) is 11.4 Å². The second-order valence-electron chi connectivity index (χ2n) is 4.12. The van der Waals surface area contributed by atoms with E-state index in [4.69, 9.17) is 5.11 Å². The van der Waals surface area contributed by atoms with Gasteiger partial charge in [-0.05, 0) is 30.2 Å². The Labute approximate surface area is 110 Å². The van der Waals surface area contributed by atoms with Gasteiger partial charge in [-0.15, -0.1) is 0 Å². The number of phenolic OH excluding ortho intramolecular Hbond substituents is 1. The summed E-state index contributed by atoms with van der Waals surface area (Å²) in [6.45, 7) is 0.593. The minimum absolute atomic E-state index is 0.0770. The predicted molar refractivity (Wildman–Crippen MR) is 73.4 cm³/mol. The van der Waals surface area contributed by atoms with Crippen molar-refractivity contribution in [1.82, 2.24) is 0 Å². The van der Waals surface area contributed by atoms with Crippen LogP contribution in [0.3, 0.4) is 0 Å². The highest BCUT2D eigenvalue weighted by Crippen LogP contribution is 2.23. The Morgan fingerprint density at radius 1 is 1.11 bits per heavy atom. The smallest absolute Gasteiger partial charge is 0.292 e. The van der Waals surface area contributed by atoms with Crippen LogP contribution in [0.5, 0.6) is 5.75 Å². The van der Waals surface area contributed by atoms with Gasteiger partial charge in [0.05, 0.1) is 4.92 Å². The Kier molecular flexibility index (Phi) is 3.97. The molecule has 0 fully saturated rings. The van der Waals surface area contributed by atoms with Gasteiger partial charge in [0.15, 0.2) is 0 Å². The molecule has 0 spiro atoms. The molecule has 2 rings (SSSR count). The number of nitrogens with zero attached hydrogens (tertiary/aromatic N) is 1. The van der Waals surface area contributed by atoms with Gasteiger partial charge in [-0.25, -0.2) is 0 Å². The number of phenols is 1. The van der Waals surface area contributed by atoms with Crippen molar-refractivity contribution in [3.8, 4) is 5.75 Å². The summed E-state index contributed by atoms with van der Waals surface area (Å²) in [6.07, 6.45) is 0.729. The van der Waals surface area contributed by atoms with Gasteiger partial charge < -0.3 is 10.4 Å². The largest absolute Gasteiger partial charge is 0.508 e. The first-order valence-electron chi connectivity index (χ1n) is 5.92. The number of nitro groups is 1. The second-order valence-corrected chi connectivity index (χ2v) is 4.12. The average Bonchev–Trinajstić information content (AvgIpc) is 2.41. The van der Waals surface area contributed by atoms with Crippen LogP contribution in [-0.2, 0) is 6.42 Å². The summed E-state index contributed by atoms with van der Waals surface area (Å²) in [5, 5.41) is 23.1. The van der Waals surface area contributed by atoms with E-state index < -0.39 is 4.92 Å². The molecule has 0 aliphatic heterocycles. The maximum atomic E-state index is 10.8. The Morgan fingerprint density at radius 2 is 1.79 bits per heavy atom. The first kappa shape index (κ1) is 12.9. The number of hydrogen-bond acceptors (Lipinski definition) is 4. The van der Waals surface area contributed by atoms with Crippen molar-refractivity contribution in [2.75, 3.05) is 11.9 Å². The molecule has 5 heteroatoms. The van der Waals surface area contributed by atoms with E-state index in [9.17, 15) is 10.1 Å². The summed E-state index contributed by atoms with van der Waals surface area (Å²) in [5.41, 5.74) is 1.66. The lowest BCUT2D eigenvalue weighted by Crippen LogP contribution is -2.06. The van der Waals surface area contributed by atoms with Crippen LogP contribution < -0.4 is 5.32 Å². The van der Waals surface area contributed by atoms with E-state index in [0.29, 0.717) is 12.2 Å². The number of aromatic hydroxyl groups is 1. The number of hydrogen-bond donors (Lipinski definition) is 2. The van der Waals surface area contributed by atoms with Crippen molar-refractivity contribution in [1.29, 1.82) is 0 Å². The molecule has 0 saturated carbocycles. The van der Waals surface area contributed by atoms with E-state index >= 15 is 0 Å². The zero-order valence-electron chi connectivity index (χ0n) is 10.2. The van der Waals surface area contributed by atoms with Crippen molar-refractivity contribution in [2.45, 2.75) is 6.42 Å². The Morgan fingerprint density at radius 3 is 2.47 bits per heavy atom. The van der Waals surface area contributed by atoms with Gasteiger partial charge in [0.1, 0.15) is 11.4 Å². The van der Waals surface area contributed by atoms with E-state index in [0.717, 1.165) is 12.0 Å². The summed E-state index contributed by atoms with van der Waals surface area (Å²) < 4.78 is 0. The van der Waals surface area contributed by atoms with Gasteiger partial charge in [-0.2, -0.15) is 0 Å². The molecule has 0 heterocycles. The fourth-order valence-electron chi connectivity index (χ4n) is 1.79. The van der Waals surface area contributed by atoms with Crippen molar-refractivity contribution < 1.29 is 10.0 Å². The van der Waals surface area contributed by atoms with Crippen molar-refractivity contribution in [3.63, 3.8) is 0 Å². The molecule has 19 heavy (non-hydrogen) atoms. The molecule has 0 bridgehead atoms. The van der Waals surface area contributed by atoms with Gasteiger partial charge in [0.25, 0.3) is 5.69 Å². The van der Waals surface area contributed by atoms with Gasteiger partial charge in [0, 0.05) is 12.6 Å². The molecule has 0 aliphatic rings. The highest BCUT2D eigenvalue weighted by atomic mass is 16.6.